The van der Waals surface area contributed by atoms with E-state index < -0.39 is 4.52 Å². The Bertz CT molecular complexity index is 325. The summed E-state index contributed by atoms with van der Waals surface area (Å²) in [5.41, 5.74) is 0. The van der Waals surface area contributed by atoms with E-state index in [-0.39, 0.29) is 0 Å². The number of benzene rings is 1. The molecule has 19 heavy (non-hydrogen) atoms. The first-order valence-electron chi connectivity index (χ1n) is 7.26. The SMILES string of the molecule is CCCCCCCCCC(Cl)(Cl)Oc1ccccc1. The Labute approximate surface area is 127 Å². The average Bonchev–Trinajstić information content (AvgIpc) is 2.38. The molecule has 108 valence electrons. The van der Waals surface area contributed by atoms with Gasteiger partial charge in [-0.15, -0.1) is 0 Å². The third-order valence-corrected chi connectivity index (χ3v) is 3.61. The summed E-state index contributed by atoms with van der Waals surface area (Å²) in [6.45, 7) is 2.23. The largest absolute Gasteiger partial charge is 0.458 e. The van der Waals surface area contributed by atoms with Crippen molar-refractivity contribution in [2.45, 2.75) is 62.8 Å². The van der Waals surface area contributed by atoms with Crippen LogP contribution in [0, 0.1) is 0 Å². The number of rotatable bonds is 10. The minimum Gasteiger partial charge on any atom is -0.458 e. The fourth-order valence-corrected chi connectivity index (χ4v) is 2.45. The van der Waals surface area contributed by atoms with Gasteiger partial charge in [-0.25, -0.2) is 0 Å². The molecular weight excluding hydrogens is 279 g/mol. The molecule has 0 aromatic heterocycles. The molecule has 0 aliphatic heterocycles. The molecule has 0 amide bonds. The molecule has 0 radical (unpaired) electrons. The lowest BCUT2D eigenvalue weighted by Crippen LogP contribution is -2.21. The lowest BCUT2D eigenvalue weighted by atomic mass is 10.1. The minimum absolute atomic E-state index is 0.665. The first-order valence-corrected chi connectivity index (χ1v) is 8.01. The van der Waals surface area contributed by atoms with Gasteiger partial charge < -0.3 is 4.74 Å². The molecule has 0 spiro atoms. The summed E-state index contributed by atoms with van der Waals surface area (Å²) in [4.78, 5) is 0. The quantitative estimate of drug-likeness (QED) is 0.362. The van der Waals surface area contributed by atoms with Crippen LogP contribution >= 0.6 is 23.2 Å². The summed E-state index contributed by atoms with van der Waals surface area (Å²) < 4.78 is 4.47. The Morgan fingerprint density at radius 1 is 0.895 bits per heavy atom. The number of alkyl halides is 2. The van der Waals surface area contributed by atoms with E-state index in [1.807, 2.05) is 30.3 Å². The van der Waals surface area contributed by atoms with E-state index in [9.17, 15) is 0 Å². The zero-order valence-electron chi connectivity index (χ0n) is 11.7. The van der Waals surface area contributed by atoms with Gasteiger partial charge in [0.2, 0.25) is 0 Å². The first-order chi connectivity index (χ1) is 9.14. The van der Waals surface area contributed by atoms with Crippen LogP contribution in [-0.4, -0.2) is 4.52 Å². The molecule has 0 aliphatic carbocycles. The molecule has 1 aromatic rings. The van der Waals surface area contributed by atoms with Crippen molar-refractivity contribution in [1.29, 1.82) is 0 Å². The van der Waals surface area contributed by atoms with Crippen LogP contribution in [0.2, 0.25) is 0 Å². The number of unbranched alkanes of at least 4 members (excludes halogenated alkanes) is 6. The second kappa shape index (κ2) is 9.50. The molecule has 1 aromatic carbocycles. The van der Waals surface area contributed by atoms with E-state index >= 15 is 0 Å². The molecule has 0 N–H and O–H groups in total. The maximum absolute atomic E-state index is 6.18. The molecule has 1 nitrogen and oxygen atoms in total. The smallest absolute Gasteiger partial charge is 0.258 e. The number of hydrogen-bond donors (Lipinski definition) is 0. The zero-order chi connectivity index (χ0) is 14.0. The van der Waals surface area contributed by atoms with Crippen LogP contribution in [0.4, 0.5) is 0 Å². The van der Waals surface area contributed by atoms with Gasteiger partial charge in [-0.3, -0.25) is 0 Å². The Balaban J connectivity index is 2.13. The topological polar surface area (TPSA) is 9.23 Å². The summed E-state index contributed by atoms with van der Waals surface area (Å²) >= 11 is 12.4. The van der Waals surface area contributed by atoms with Crippen LogP contribution in [0.1, 0.15) is 58.3 Å². The summed E-state index contributed by atoms with van der Waals surface area (Å²) in [5.74, 6) is 0.718. The molecule has 0 bridgehead atoms. The fraction of sp³-hybridized carbons (Fsp3) is 0.625. The Hall–Kier alpha value is -0.400. The molecule has 0 heterocycles. The Morgan fingerprint density at radius 3 is 2.11 bits per heavy atom. The number of hydrogen-bond acceptors (Lipinski definition) is 1. The lowest BCUT2D eigenvalue weighted by molar-refractivity contribution is 0.225. The normalized spacial score (nSPS) is 11.5. The van der Waals surface area contributed by atoms with Crippen molar-refractivity contribution in [3.8, 4) is 5.75 Å². The van der Waals surface area contributed by atoms with E-state index in [1.54, 1.807) is 0 Å². The zero-order valence-corrected chi connectivity index (χ0v) is 13.2. The summed E-state index contributed by atoms with van der Waals surface area (Å²) in [5, 5.41) is 0. The van der Waals surface area contributed by atoms with Crippen molar-refractivity contribution in [1.82, 2.24) is 0 Å². The molecule has 0 atom stereocenters. The highest BCUT2D eigenvalue weighted by Gasteiger charge is 2.25. The van der Waals surface area contributed by atoms with Crippen LogP contribution in [0.5, 0.6) is 5.75 Å². The first kappa shape index (κ1) is 16.7. The second-order valence-corrected chi connectivity index (χ2v) is 6.34. The average molecular weight is 303 g/mol. The Morgan fingerprint density at radius 2 is 1.47 bits per heavy atom. The van der Waals surface area contributed by atoms with Crippen molar-refractivity contribution in [2.75, 3.05) is 0 Å². The van der Waals surface area contributed by atoms with Gasteiger partial charge in [-0.1, -0.05) is 86.8 Å². The van der Waals surface area contributed by atoms with Gasteiger partial charge in [0.05, 0.1) is 0 Å². The van der Waals surface area contributed by atoms with E-state index in [0.717, 1.165) is 12.2 Å². The highest BCUT2D eigenvalue weighted by atomic mass is 35.5. The fourth-order valence-electron chi connectivity index (χ4n) is 2.00. The van der Waals surface area contributed by atoms with E-state index in [4.69, 9.17) is 27.9 Å². The van der Waals surface area contributed by atoms with Gasteiger partial charge in [0.25, 0.3) is 4.52 Å². The predicted molar refractivity (Wildman–Crippen MR) is 84.1 cm³/mol. The van der Waals surface area contributed by atoms with Gasteiger partial charge in [-0.2, -0.15) is 0 Å². The van der Waals surface area contributed by atoms with E-state index in [2.05, 4.69) is 6.92 Å². The van der Waals surface area contributed by atoms with Gasteiger partial charge in [0.15, 0.2) is 0 Å². The highest BCUT2D eigenvalue weighted by molar-refractivity contribution is 6.47. The van der Waals surface area contributed by atoms with Gasteiger partial charge >= 0.3 is 0 Å². The minimum atomic E-state index is -1.11. The molecular formula is C16H24Cl2O. The second-order valence-electron chi connectivity index (χ2n) is 4.92. The van der Waals surface area contributed by atoms with Gasteiger partial charge in [0.1, 0.15) is 5.75 Å². The highest BCUT2D eigenvalue weighted by Crippen LogP contribution is 2.31. The predicted octanol–water partition coefficient (Wildman–Crippen LogP) is 6.34. The maximum atomic E-state index is 6.18. The monoisotopic (exact) mass is 302 g/mol. The molecule has 3 heteroatoms. The van der Waals surface area contributed by atoms with Crippen molar-refractivity contribution >= 4 is 23.2 Å². The number of ether oxygens (including phenoxy) is 1. The molecule has 0 saturated heterocycles. The molecule has 0 aliphatic rings. The number of para-hydroxylation sites is 1. The standard InChI is InChI=1S/C16H24Cl2O/c1-2-3-4-5-6-7-11-14-16(17,18)19-15-12-9-8-10-13-15/h8-10,12-13H,2-7,11,14H2,1H3. The van der Waals surface area contributed by atoms with E-state index in [1.165, 1.54) is 38.5 Å². The van der Waals surface area contributed by atoms with Crippen LogP contribution in [0.25, 0.3) is 0 Å². The van der Waals surface area contributed by atoms with Crippen LogP contribution < -0.4 is 4.74 Å². The van der Waals surface area contributed by atoms with Gasteiger partial charge in [-0.05, 0) is 18.6 Å². The third-order valence-electron chi connectivity index (χ3n) is 3.08. The van der Waals surface area contributed by atoms with Gasteiger partial charge in [0, 0.05) is 6.42 Å². The molecule has 0 unspecified atom stereocenters. The lowest BCUT2D eigenvalue weighted by Gasteiger charge is -2.21. The third kappa shape index (κ3) is 8.39. The summed E-state index contributed by atoms with van der Waals surface area (Å²) in [7, 11) is 0. The Kier molecular flexibility index (Phi) is 8.32. The summed E-state index contributed by atoms with van der Waals surface area (Å²) in [6.07, 6.45) is 9.38. The molecule has 0 saturated carbocycles. The molecule has 0 fully saturated rings. The van der Waals surface area contributed by atoms with Crippen LogP contribution in [0.3, 0.4) is 0 Å². The maximum Gasteiger partial charge on any atom is 0.258 e. The van der Waals surface area contributed by atoms with Crippen LogP contribution in [0.15, 0.2) is 30.3 Å². The van der Waals surface area contributed by atoms with Crippen molar-refractivity contribution in [3.63, 3.8) is 0 Å². The van der Waals surface area contributed by atoms with Crippen molar-refractivity contribution in [2.24, 2.45) is 0 Å². The van der Waals surface area contributed by atoms with Crippen molar-refractivity contribution in [3.05, 3.63) is 30.3 Å². The molecule has 1 rings (SSSR count). The van der Waals surface area contributed by atoms with Crippen molar-refractivity contribution < 1.29 is 4.74 Å². The van der Waals surface area contributed by atoms with E-state index in [0.29, 0.717) is 6.42 Å². The van der Waals surface area contributed by atoms with Crippen LogP contribution in [-0.2, 0) is 0 Å². The number of halogens is 2. The summed E-state index contributed by atoms with van der Waals surface area (Å²) in [6, 6.07) is 9.49.